The highest BCUT2D eigenvalue weighted by atomic mass is 16.4. The second-order valence-corrected chi connectivity index (χ2v) is 5.04. The molecule has 2 heterocycles. The number of amides is 1. The molecule has 0 saturated carbocycles. The molecule has 1 unspecified atom stereocenters. The van der Waals surface area contributed by atoms with Gasteiger partial charge in [0.15, 0.2) is 0 Å². The molecule has 1 N–H and O–H groups in total. The fourth-order valence-corrected chi connectivity index (χ4v) is 2.52. The summed E-state index contributed by atoms with van der Waals surface area (Å²) in [5.74, 6) is -1.58. The lowest BCUT2D eigenvalue weighted by Crippen LogP contribution is -2.25. The minimum Gasteiger partial charge on any atom is -0.481 e. The summed E-state index contributed by atoms with van der Waals surface area (Å²) in [5.41, 5.74) is 1.85. The molecule has 2 aromatic rings. The van der Waals surface area contributed by atoms with Gasteiger partial charge in [-0.1, -0.05) is 18.2 Å². The van der Waals surface area contributed by atoms with Crippen LogP contribution in [0.2, 0.25) is 0 Å². The average Bonchev–Trinajstić information content (AvgIpc) is 2.80. The number of hydrogen-bond acceptors (Lipinski definition) is 3. The largest absolute Gasteiger partial charge is 0.481 e. The Balaban J connectivity index is 1.79. The van der Waals surface area contributed by atoms with Crippen molar-refractivity contribution in [2.75, 3.05) is 6.54 Å². The number of rotatable bonds is 3. The van der Waals surface area contributed by atoms with Gasteiger partial charge in [-0.15, -0.1) is 0 Å². The van der Waals surface area contributed by atoms with Gasteiger partial charge in [0.25, 0.3) is 0 Å². The highest BCUT2D eigenvalue weighted by molar-refractivity contribution is 5.86. The van der Waals surface area contributed by atoms with Crippen LogP contribution in [0.4, 0.5) is 0 Å². The molecule has 20 heavy (non-hydrogen) atoms. The van der Waals surface area contributed by atoms with Crippen molar-refractivity contribution in [1.82, 2.24) is 9.88 Å². The third kappa shape index (κ3) is 2.34. The van der Waals surface area contributed by atoms with Gasteiger partial charge in [-0.3, -0.25) is 14.6 Å². The van der Waals surface area contributed by atoms with Crippen LogP contribution >= 0.6 is 0 Å². The third-order valence-electron chi connectivity index (χ3n) is 3.61. The number of pyridine rings is 1. The summed E-state index contributed by atoms with van der Waals surface area (Å²) in [6.07, 6.45) is 1.83. The van der Waals surface area contributed by atoms with E-state index in [1.54, 1.807) is 11.1 Å². The zero-order valence-corrected chi connectivity index (χ0v) is 10.8. The van der Waals surface area contributed by atoms with Gasteiger partial charge >= 0.3 is 5.97 Å². The molecule has 1 aliphatic heterocycles. The minimum atomic E-state index is -0.902. The summed E-state index contributed by atoms with van der Waals surface area (Å²) in [6.45, 7) is 0.726. The zero-order valence-electron chi connectivity index (χ0n) is 10.8. The van der Waals surface area contributed by atoms with Gasteiger partial charge in [0.2, 0.25) is 5.91 Å². The van der Waals surface area contributed by atoms with E-state index in [9.17, 15) is 9.59 Å². The van der Waals surface area contributed by atoms with Gasteiger partial charge in [-0.2, -0.15) is 0 Å². The van der Waals surface area contributed by atoms with E-state index < -0.39 is 11.9 Å². The van der Waals surface area contributed by atoms with Crippen molar-refractivity contribution in [1.29, 1.82) is 0 Å². The first-order valence-corrected chi connectivity index (χ1v) is 6.48. The molecule has 0 spiro atoms. The number of likely N-dealkylation sites (tertiary alicyclic amines) is 1. The van der Waals surface area contributed by atoms with Crippen molar-refractivity contribution < 1.29 is 14.7 Å². The Labute approximate surface area is 115 Å². The van der Waals surface area contributed by atoms with Crippen LogP contribution in [0.1, 0.15) is 12.0 Å². The van der Waals surface area contributed by atoms with E-state index in [2.05, 4.69) is 4.98 Å². The molecular weight excluding hydrogens is 256 g/mol. The molecule has 1 amide bonds. The number of hydrogen-bond donors (Lipinski definition) is 1. The Morgan fingerprint density at radius 3 is 3.00 bits per heavy atom. The number of aliphatic carboxylic acids is 1. The smallest absolute Gasteiger partial charge is 0.308 e. The van der Waals surface area contributed by atoms with E-state index in [0.29, 0.717) is 6.54 Å². The van der Waals surface area contributed by atoms with E-state index in [1.807, 2.05) is 30.3 Å². The number of carboxylic acid groups (broad SMARTS) is 1. The summed E-state index contributed by atoms with van der Waals surface area (Å²) in [6, 6.07) is 9.71. The quantitative estimate of drug-likeness (QED) is 0.921. The molecule has 0 bridgehead atoms. The molecule has 1 aliphatic rings. The summed E-state index contributed by atoms with van der Waals surface area (Å²) >= 11 is 0. The van der Waals surface area contributed by atoms with Crippen LogP contribution in [0, 0.1) is 5.92 Å². The van der Waals surface area contributed by atoms with Gasteiger partial charge in [-0.25, -0.2) is 0 Å². The number of benzene rings is 1. The molecule has 5 nitrogen and oxygen atoms in total. The maximum Gasteiger partial charge on any atom is 0.308 e. The van der Waals surface area contributed by atoms with Crippen LogP contribution in [0.15, 0.2) is 36.5 Å². The van der Waals surface area contributed by atoms with Crippen molar-refractivity contribution in [2.45, 2.75) is 13.0 Å². The van der Waals surface area contributed by atoms with Crippen LogP contribution in [0.3, 0.4) is 0 Å². The SMILES string of the molecule is O=C(O)C1CC(=O)N(Cc2ccc3cccnc3c2)C1. The number of nitrogens with zero attached hydrogens (tertiary/aromatic N) is 2. The molecular formula is C15H14N2O3. The second-order valence-electron chi connectivity index (χ2n) is 5.04. The molecule has 1 aromatic heterocycles. The Bertz CT molecular complexity index is 684. The van der Waals surface area contributed by atoms with Gasteiger partial charge < -0.3 is 10.0 Å². The lowest BCUT2D eigenvalue weighted by molar-refractivity contribution is -0.141. The third-order valence-corrected chi connectivity index (χ3v) is 3.61. The van der Waals surface area contributed by atoms with E-state index in [-0.39, 0.29) is 18.9 Å². The van der Waals surface area contributed by atoms with Crippen molar-refractivity contribution in [2.24, 2.45) is 5.92 Å². The minimum absolute atomic E-state index is 0.0984. The van der Waals surface area contributed by atoms with Gasteiger partial charge in [0.05, 0.1) is 11.4 Å². The topological polar surface area (TPSA) is 70.5 Å². The lowest BCUT2D eigenvalue weighted by Gasteiger charge is -2.16. The first kappa shape index (κ1) is 12.6. The summed E-state index contributed by atoms with van der Waals surface area (Å²) in [7, 11) is 0. The Morgan fingerprint density at radius 2 is 2.25 bits per heavy atom. The molecule has 1 saturated heterocycles. The van der Waals surface area contributed by atoms with Crippen molar-refractivity contribution in [3.05, 3.63) is 42.1 Å². The number of carbonyl (C=O) groups is 2. The molecule has 0 aliphatic carbocycles. The van der Waals surface area contributed by atoms with Gasteiger partial charge in [0, 0.05) is 31.1 Å². The number of fused-ring (bicyclic) bond motifs is 1. The molecule has 5 heteroatoms. The van der Waals surface area contributed by atoms with E-state index in [4.69, 9.17) is 5.11 Å². The van der Waals surface area contributed by atoms with Gasteiger partial charge in [-0.05, 0) is 17.7 Å². The highest BCUT2D eigenvalue weighted by Gasteiger charge is 2.33. The highest BCUT2D eigenvalue weighted by Crippen LogP contribution is 2.21. The summed E-state index contributed by atoms with van der Waals surface area (Å²) < 4.78 is 0. The Morgan fingerprint density at radius 1 is 1.40 bits per heavy atom. The molecule has 0 radical (unpaired) electrons. The average molecular weight is 270 g/mol. The molecule has 102 valence electrons. The standard InChI is InChI=1S/C15H14N2O3/c18-14-7-12(15(19)20)9-17(14)8-10-3-4-11-2-1-5-16-13(11)6-10/h1-6,12H,7-9H2,(H,19,20). The fourth-order valence-electron chi connectivity index (χ4n) is 2.52. The predicted molar refractivity (Wildman–Crippen MR) is 72.9 cm³/mol. The number of aromatic nitrogens is 1. The molecule has 1 aromatic carbocycles. The fraction of sp³-hybridized carbons (Fsp3) is 0.267. The number of carboxylic acids is 1. The normalized spacial score (nSPS) is 18.7. The maximum atomic E-state index is 11.8. The van der Waals surface area contributed by atoms with E-state index in [0.717, 1.165) is 16.5 Å². The summed E-state index contributed by atoms with van der Waals surface area (Å²) in [5, 5.41) is 10.0. The predicted octanol–water partition coefficient (Wildman–Crippen LogP) is 1.67. The first-order valence-electron chi connectivity index (χ1n) is 6.48. The van der Waals surface area contributed by atoms with Crippen LogP contribution in [-0.2, 0) is 16.1 Å². The second kappa shape index (κ2) is 4.92. The molecule has 1 atom stereocenters. The van der Waals surface area contributed by atoms with Crippen molar-refractivity contribution >= 4 is 22.8 Å². The molecule has 1 fully saturated rings. The Kier molecular flexibility index (Phi) is 3.10. The zero-order chi connectivity index (χ0) is 14.1. The van der Waals surface area contributed by atoms with Gasteiger partial charge in [0.1, 0.15) is 0 Å². The van der Waals surface area contributed by atoms with E-state index in [1.165, 1.54) is 0 Å². The van der Waals surface area contributed by atoms with Crippen LogP contribution < -0.4 is 0 Å². The number of carbonyl (C=O) groups excluding carboxylic acids is 1. The lowest BCUT2D eigenvalue weighted by atomic mass is 10.1. The van der Waals surface area contributed by atoms with E-state index >= 15 is 0 Å². The van der Waals surface area contributed by atoms with Crippen molar-refractivity contribution in [3.63, 3.8) is 0 Å². The van der Waals surface area contributed by atoms with Crippen molar-refractivity contribution in [3.8, 4) is 0 Å². The van der Waals surface area contributed by atoms with Crippen LogP contribution in [0.5, 0.6) is 0 Å². The van der Waals surface area contributed by atoms with Crippen LogP contribution in [-0.4, -0.2) is 33.4 Å². The van der Waals surface area contributed by atoms with Crippen LogP contribution in [0.25, 0.3) is 10.9 Å². The molecule has 3 rings (SSSR count). The maximum absolute atomic E-state index is 11.8. The monoisotopic (exact) mass is 270 g/mol. The summed E-state index contributed by atoms with van der Waals surface area (Å²) in [4.78, 5) is 28.6. The first-order chi connectivity index (χ1) is 9.63. The Hall–Kier alpha value is -2.43.